The summed E-state index contributed by atoms with van der Waals surface area (Å²) >= 11 is 3.25. The molecule has 0 aliphatic carbocycles. The molecule has 0 radical (unpaired) electrons. The molecule has 0 spiro atoms. The van der Waals surface area contributed by atoms with Gasteiger partial charge in [0.15, 0.2) is 0 Å². The highest BCUT2D eigenvalue weighted by molar-refractivity contribution is 9.10. The molecule has 5 aromatic rings. The minimum absolute atomic E-state index is 0.0105. The smallest absolute Gasteiger partial charge is 0.417 e. The maximum Gasteiger partial charge on any atom is 0.417 e. The monoisotopic (exact) mass is 674 g/mol. The van der Waals surface area contributed by atoms with Crippen LogP contribution in [0.25, 0.3) is 32.8 Å². The topological polar surface area (TPSA) is 77.4 Å². The van der Waals surface area contributed by atoms with Crippen LogP contribution in [0.15, 0.2) is 82.1 Å². The summed E-state index contributed by atoms with van der Waals surface area (Å²) in [5.41, 5.74) is -1.15. The molecule has 0 saturated carbocycles. The number of esters is 1. The van der Waals surface area contributed by atoms with Crippen molar-refractivity contribution in [1.82, 2.24) is 9.88 Å². The van der Waals surface area contributed by atoms with Crippen molar-refractivity contribution in [3.8, 4) is 11.1 Å². The Balaban J connectivity index is 0.000000236. The molecule has 0 bridgehead atoms. The first-order valence-corrected chi connectivity index (χ1v) is 13.7. The third kappa shape index (κ3) is 6.49. The van der Waals surface area contributed by atoms with Gasteiger partial charge in [-0.3, -0.25) is 14.4 Å². The van der Waals surface area contributed by atoms with E-state index in [4.69, 9.17) is 0 Å². The van der Waals surface area contributed by atoms with E-state index in [1.54, 1.807) is 30.3 Å². The molecule has 0 unspecified atom stereocenters. The summed E-state index contributed by atoms with van der Waals surface area (Å²) in [4.78, 5) is 35.1. The molecule has 0 aliphatic heterocycles. The second-order valence-electron chi connectivity index (χ2n) is 9.60. The van der Waals surface area contributed by atoms with Crippen LogP contribution in [0, 0.1) is 18.6 Å². The van der Waals surface area contributed by atoms with Crippen LogP contribution in [0.3, 0.4) is 0 Å². The number of aryl methyl sites for hydroxylation is 2. The number of rotatable bonds is 4. The highest BCUT2D eigenvalue weighted by atomic mass is 79.9. The predicted octanol–water partition coefficient (Wildman–Crippen LogP) is 7.32. The SMILES string of the molecule is COC(=O)CNC(=O)c1c(F)cccc1F.Cc1cccc2c(-c3c(C(F)(F)F)c4cc(Br)ccc4n(C)c3=O)cccc12. The Morgan fingerprint density at radius 2 is 1.52 bits per heavy atom. The summed E-state index contributed by atoms with van der Waals surface area (Å²) in [6.45, 7) is 1.45. The van der Waals surface area contributed by atoms with Gasteiger partial charge in [-0.2, -0.15) is 13.2 Å². The van der Waals surface area contributed by atoms with Gasteiger partial charge in [0.1, 0.15) is 23.7 Å². The minimum atomic E-state index is -4.69. The van der Waals surface area contributed by atoms with E-state index in [9.17, 15) is 36.3 Å². The first kappa shape index (κ1) is 32.3. The second-order valence-corrected chi connectivity index (χ2v) is 10.5. The van der Waals surface area contributed by atoms with Gasteiger partial charge in [-0.05, 0) is 59.2 Å². The van der Waals surface area contributed by atoms with Crippen LogP contribution >= 0.6 is 15.9 Å². The van der Waals surface area contributed by atoms with E-state index in [1.165, 1.54) is 23.7 Å². The number of alkyl halides is 3. The van der Waals surface area contributed by atoms with Gasteiger partial charge in [0.2, 0.25) is 0 Å². The summed E-state index contributed by atoms with van der Waals surface area (Å²) in [6.07, 6.45) is -4.69. The van der Waals surface area contributed by atoms with Gasteiger partial charge in [0, 0.05) is 16.9 Å². The van der Waals surface area contributed by atoms with Crippen molar-refractivity contribution in [3.05, 3.63) is 116 Å². The van der Waals surface area contributed by atoms with Crippen molar-refractivity contribution in [3.63, 3.8) is 0 Å². The van der Waals surface area contributed by atoms with Gasteiger partial charge in [0.05, 0.1) is 23.8 Å². The van der Waals surface area contributed by atoms with Crippen LogP contribution < -0.4 is 10.9 Å². The third-order valence-corrected chi connectivity index (χ3v) is 7.35. The van der Waals surface area contributed by atoms with Crippen LogP contribution in [0.2, 0.25) is 0 Å². The number of carbonyl (C=O) groups is 2. The van der Waals surface area contributed by atoms with Gasteiger partial charge in [-0.25, -0.2) is 8.78 Å². The number of nitrogens with one attached hydrogen (secondary N) is 1. The van der Waals surface area contributed by atoms with Crippen molar-refractivity contribution in [2.24, 2.45) is 7.05 Å². The van der Waals surface area contributed by atoms with Gasteiger partial charge in [-0.15, -0.1) is 0 Å². The molecule has 1 amide bonds. The van der Waals surface area contributed by atoms with Crippen molar-refractivity contribution >= 4 is 49.5 Å². The first-order chi connectivity index (χ1) is 20.8. The molecular weight excluding hydrogens is 651 g/mol. The van der Waals surface area contributed by atoms with Crippen LogP contribution in [0.5, 0.6) is 0 Å². The molecule has 1 aromatic heterocycles. The van der Waals surface area contributed by atoms with Crippen LogP contribution in [0.1, 0.15) is 21.5 Å². The lowest BCUT2D eigenvalue weighted by atomic mass is 9.92. The first-order valence-electron chi connectivity index (χ1n) is 12.9. The van der Waals surface area contributed by atoms with E-state index in [0.717, 1.165) is 36.3 Å². The largest absolute Gasteiger partial charge is 0.468 e. The molecule has 0 saturated heterocycles. The average Bonchev–Trinajstić information content (AvgIpc) is 2.97. The molecule has 1 N–H and O–H groups in total. The second kappa shape index (κ2) is 13.0. The molecule has 1 heterocycles. The van der Waals surface area contributed by atoms with Crippen molar-refractivity contribution < 1.29 is 36.3 Å². The summed E-state index contributed by atoms with van der Waals surface area (Å²) in [5.74, 6) is -3.67. The number of carbonyl (C=O) groups excluding carboxylic acids is 2. The van der Waals surface area contributed by atoms with E-state index in [0.29, 0.717) is 9.86 Å². The lowest BCUT2D eigenvalue weighted by molar-refractivity contribution is -0.139. The number of nitrogens with zero attached hydrogens (tertiary/aromatic N) is 1. The summed E-state index contributed by atoms with van der Waals surface area (Å²) in [5, 5.41) is 3.48. The maximum atomic E-state index is 14.2. The molecule has 0 fully saturated rings. The Bertz CT molecular complexity index is 1950. The van der Waals surface area contributed by atoms with Crippen molar-refractivity contribution in [2.45, 2.75) is 13.1 Å². The van der Waals surface area contributed by atoms with E-state index in [-0.39, 0.29) is 22.0 Å². The Morgan fingerprint density at radius 1 is 0.909 bits per heavy atom. The number of hydrogen-bond donors (Lipinski definition) is 1. The number of benzene rings is 4. The van der Waals surface area contributed by atoms with Gasteiger partial charge in [0.25, 0.3) is 11.5 Å². The van der Waals surface area contributed by atoms with Crippen LogP contribution in [0.4, 0.5) is 22.0 Å². The van der Waals surface area contributed by atoms with E-state index in [2.05, 4.69) is 20.7 Å². The molecule has 228 valence electrons. The van der Waals surface area contributed by atoms with E-state index in [1.807, 2.05) is 24.4 Å². The molecular formula is C32H24BrF5N2O4. The lowest BCUT2D eigenvalue weighted by Crippen LogP contribution is -2.31. The van der Waals surface area contributed by atoms with Crippen LogP contribution in [-0.2, 0) is 22.8 Å². The molecule has 5 rings (SSSR count). The summed E-state index contributed by atoms with van der Waals surface area (Å²) in [6, 6.07) is 18.2. The molecule has 0 atom stereocenters. The number of methoxy groups -OCH3 is 1. The van der Waals surface area contributed by atoms with E-state index >= 15 is 0 Å². The molecule has 6 nitrogen and oxygen atoms in total. The fourth-order valence-corrected chi connectivity index (χ4v) is 5.14. The fraction of sp³-hybridized carbons (Fsp3) is 0.156. The number of ether oxygens (including phenoxy) is 1. The average molecular weight is 675 g/mol. The van der Waals surface area contributed by atoms with Crippen molar-refractivity contribution in [2.75, 3.05) is 13.7 Å². The highest BCUT2D eigenvalue weighted by Crippen LogP contribution is 2.42. The predicted molar refractivity (Wildman–Crippen MR) is 160 cm³/mol. The van der Waals surface area contributed by atoms with Gasteiger partial charge >= 0.3 is 12.1 Å². The highest BCUT2D eigenvalue weighted by Gasteiger charge is 2.38. The molecule has 12 heteroatoms. The fourth-order valence-electron chi connectivity index (χ4n) is 4.78. The zero-order chi connectivity index (χ0) is 32.3. The Labute approximate surface area is 256 Å². The molecule has 44 heavy (non-hydrogen) atoms. The number of pyridine rings is 1. The quantitative estimate of drug-likeness (QED) is 0.160. The number of hydrogen-bond acceptors (Lipinski definition) is 4. The zero-order valence-corrected chi connectivity index (χ0v) is 25.1. The standard InChI is InChI=1S/C22H15BrF3NO.C10H9F2NO3/c1-12-5-3-7-15-14(12)6-4-8-16(15)19-20(22(24,25)26)17-11-13(23)9-10-18(17)27(2)21(19)28;1-16-8(14)5-13-10(15)9-6(11)3-2-4-7(9)12/h3-11H,1-2H3;2-4H,5H2,1H3,(H,13,15). The summed E-state index contributed by atoms with van der Waals surface area (Å²) < 4.78 is 74.9. The van der Waals surface area contributed by atoms with E-state index < -0.39 is 52.9 Å². The number of fused-ring (bicyclic) bond motifs is 2. The Kier molecular flexibility index (Phi) is 9.53. The van der Waals surface area contributed by atoms with Gasteiger partial charge < -0.3 is 14.6 Å². The number of aromatic nitrogens is 1. The van der Waals surface area contributed by atoms with Crippen LogP contribution in [-0.4, -0.2) is 30.1 Å². The Morgan fingerprint density at radius 3 is 2.16 bits per heavy atom. The normalized spacial score (nSPS) is 11.2. The zero-order valence-electron chi connectivity index (χ0n) is 23.5. The Hall–Kier alpha value is -4.58. The number of halogens is 6. The lowest BCUT2D eigenvalue weighted by Gasteiger charge is -2.19. The third-order valence-electron chi connectivity index (χ3n) is 6.86. The minimum Gasteiger partial charge on any atom is -0.468 e. The maximum absolute atomic E-state index is 14.2. The van der Waals surface area contributed by atoms with Crippen molar-refractivity contribution in [1.29, 1.82) is 0 Å². The number of amides is 1. The summed E-state index contributed by atoms with van der Waals surface area (Å²) in [7, 11) is 2.64. The molecule has 0 aliphatic rings. The van der Waals surface area contributed by atoms with Gasteiger partial charge in [-0.1, -0.05) is 58.4 Å². The molecule has 4 aromatic carbocycles.